The van der Waals surface area contributed by atoms with E-state index in [9.17, 15) is 9.59 Å². The number of likely N-dealkylation sites (tertiary alicyclic amines) is 1. The number of hydrogen-bond donors (Lipinski definition) is 1. The van der Waals surface area contributed by atoms with Gasteiger partial charge in [-0.2, -0.15) is 0 Å². The number of carbonyl (C=O) groups excluding carboxylic acids is 1. The van der Waals surface area contributed by atoms with Crippen molar-refractivity contribution in [2.24, 2.45) is 0 Å². The van der Waals surface area contributed by atoms with Crippen LogP contribution < -0.4 is 10.9 Å². The summed E-state index contributed by atoms with van der Waals surface area (Å²) in [6.07, 6.45) is 4.81. The fourth-order valence-corrected chi connectivity index (χ4v) is 3.63. The number of amides is 1. The molecule has 1 aromatic carbocycles. The Labute approximate surface area is 146 Å². The second kappa shape index (κ2) is 6.91. The first-order valence-electron chi connectivity index (χ1n) is 8.19. The molecule has 4 rings (SSSR count). The van der Waals surface area contributed by atoms with Crippen LogP contribution in [0, 0.1) is 0 Å². The van der Waals surface area contributed by atoms with Crippen LogP contribution in [-0.2, 0) is 11.3 Å². The predicted octanol–water partition coefficient (Wildman–Crippen LogP) is 1.17. The molecule has 2 aliphatic rings. The van der Waals surface area contributed by atoms with Gasteiger partial charge in [-0.3, -0.25) is 14.2 Å². The molecule has 0 spiro atoms. The fraction of sp³-hybridized carbons (Fsp3) is 0.471. The average molecular weight is 349 g/mol. The van der Waals surface area contributed by atoms with E-state index in [1.807, 2.05) is 17.0 Å². The number of para-hydroxylation sites is 1. The third-order valence-corrected chi connectivity index (χ3v) is 4.91. The summed E-state index contributed by atoms with van der Waals surface area (Å²) in [6, 6.07) is 8.17. The van der Waals surface area contributed by atoms with Crippen molar-refractivity contribution in [1.82, 2.24) is 19.8 Å². The summed E-state index contributed by atoms with van der Waals surface area (Å²) < 4.78 is 1.42. The van der Waals surface area contributed by atoms with Gasteiger partial charge in [-0.1, -0.05) is 12.1 Å². The summed E-state index contributed by atoms with van der Waals surface area (Å²) >= 11 is 0. The highest BCUT2D eigenvalue weighted by Gasteiger charge is 2.31. The minimum Gasteiger partial charge on any atom is -0.340 e. The molecule has 2 bridgehead atoms. The van der Waals surface area contributed by atoms with Crippen LogP contribution in [0.25, 0.3) is 10.9 Å². The molecule has 0 aliphatic carbocycles. The summed E-state index contributed by atoms with van der Waals surface area (Å²) in [6.45, 7) is 1.57. The van der Waals surface area contributed by atoms with Gasteiger partial charge >= 0.3 is 0 Å². The largest absolute Gasteiger partial charge is 0.340 e. The van der Waals surface area contributed by atoms with Gasteiger partial charge in [0.1, 0.15) is 6.54 Å². The lowest BCUT2D eigenvalue weighted by molar-refractivity contribution is -0.132. The molecule has 2 saturated heterocycles. The van der Waals surface area contributed by atoms with E-state index in [0.717, 1.165) is 25.9 Å². The molecule has 1 N–H and O–H groups in total. The van der Waals surface area contributed by atoms with Crippen LogP contribution in [0.5, 0.6) is 0 Å². The number of benzene rings is 1. The van der Waals surface area contributed by atoms with Gasteiger partial charge in [-0.05, 0) is 31.4 Å². The molecule has 2 aromatic rings. The second-order valence-electron chi connectivity index (χ2n) is 6.46. The number of aromatic nitrogens is 2. The zero-order valence-corrected chi connectivity index (χ0v) is 14.2. The highest BCUT2D eigenvalue weighted by Crippen LogP contribution is 2.20. The van der Waals surface area contributed by atoms with Crippen LogP contribution in [-0.4, -0.2) is 45.5 Å². The summed E-state index contributed by atoms with van der Waals surface area (Å²) in [4.78, 5) is 31.2. The van der Waals surface area contributed by atoms with Crippen molar-refractivity contribution in [3.63, 3.8) is 0 Å². The Hall–Kier alpha value is -1.92. The molecule has 128 valence electrons. The van der Waals surface area contributed by atoms with Crippen molar-refractivity contribution < 1.29 is 4.79 Å². The summed E-state index contributed by atoms with van der Waals surface area (Å²) in [5, 5.41) is 4.12. The zero-order valence-electron chi connectivity index (χ0n) is 13.4. The van der Waals surface area contributed by atoms with E-state index >= 15 is 0 Å². The smallest absolute Gasteiger partial charge is 0.261 e. The quantitative estimate of drug-likeness (QED) is 0.884. The highest BCUT2D eigenvalue weighted by atomic mass is 35.5. The number of hydrogen-bond acceptors (Lipinski definition) is 4. The molecule has 7 heteroatoms. The van der Waals surface area contributed by atoms with Crippen LogP contribution in [0.4, 0.5) is 0 Å². The number of rotatable bonds is 2. The Balaban J connectivity index is 0.00000169. The Morgan fingerprint density at radius 3 is 2.88 bits per heavy atom. The number of nitrogens with zero attached hydrogens (tertiary/aromatic N) is 3. The van der Waals surface area contributed by atoms with E-state index in [1.165, 1.54) is 17.3 Å². The average Bonchev–Trinajstić information content (AvgIpc) is 2.89. The van der Waals surface area contributed by atoms with Crippen LogP contribution in [0.3, 0.4) is 0 Å². The Morgan fingerprint density at radius 2 is 2.00 bits per heavy atom. The molecule has 2 aliphatic heterocycles. The van der Waals surface area contributed by atoms with Crippen molar-refractivity contribution in [2.45, 2.75) is 37.9 Å². The van der Waals surface area contributed by atoms with Gasteiger partial charge in [0.15, 0.2) is 0 Å². The molecule has 0 radical (unpaired) electrons. The molecular weight excluding hydrogens is 328 g/mol. The molecule has 2 unspecified atom stereocenters. The van der Waals surface area contributed by atoms with Gasteiger partial charge in [0.25, 0.3) is 5.56 Å². The number of nitrogens with one attached hydrogen (secondary N) is 1. The lowest BCUT2D eigenvalue weighted by atomic mass is 10.1. The van der Waals surface area contributed by atoms with Gasteiger partial charge < -0.3 is 10.2 Å². The Morgan fingerprint density at radius 1 is 1.21 bits per heavy atom. The first-order chi connectivity index (χ1) is 11.2. The van der Waals surface area contributed by atoms with E-state index in [4.69, 9.17) is 0 Å². The maximum atomic E-state index is 12.6. The molecule has 24 heavy (non-hydrogen) atoms. The van der Waals surface area contributed by atoms with Gasteiger partial charge in [0.05, 0.1) is 17.2 Å². The lowest BCUT2D eigenvalue weighted by Gasteiger charge is -2.24. The van der Waals surface area contributed by atoms with Crippen LogP contribution in [0.15, 0.2) is 35.4 Å². The molecule has 6 nitrogen and oxygen atoms in total. The first kappa shape index (κ1) is 16.9. The highest BCUT2D eigenvalue weighted by molar-refractivity contribution is 5.85. The van der Waals surface area contributed by atoms with Gasteiger partial charge in [-0.25, -0.2) is 4.98 Å². The van der Waals surface area contributed by atoms with Crippen molar-refractivity contribution in [1.29, 1.82) is 0 Å². The Bertz CT molecular complexity index is 807. The summed E-state index contributed by atoms with van der Waals surface area (Å²) in [5.41, 5.74) is 0.510. The second-order valence-corrected chi connectivity index (χ2v) is 6.46. The standard InChI is InChI=1S/C17H20N4O2.ClH/c22-16(20-8-7-12-5-6-13(9-20)19-12)10-21-11-18-15-4-2-1-3-14(15)17(21)23;/h1-4,11-13,19H,5-10H2;1H. The molecule has 2 atom stereocenters. The van der Waals surface area contributed by atoms with Crippen LogP contribution in [0.1, 0.15) is 19.3 Å². The molecular formula is C17H21ClN4O2. The summed E-state index contributed by atoms with van der Waals surface area (Å²) in [5.74, 6) is -0.00136. The number of carbonyl (C=O) groups is 1. The molecule has 1 amide bonds. The van der Waals surface area contributed by atoms with Crippen molar-refractivity contribution in [3.05, 3.63) is 40.9 Å². The topological polar surface area (TPSA) is 67.2 Å². The van der Waals surface area contributed by atoms with Crippen molar-refractivity contribution in [3.8, 4) is 0 Å². The van der Waals surface area contributed by atoms with Gasteiger partial charge in [0, 0.05) is 25.2 Å². The van der Waals surface area contributed by atoms with E-state index in [0.29, 0.717) is 23.0 Å². The van der Waals surface area contributed by atoms with Gasteiger partial charge in [-0.15, -0.1) is 12.4 Å². The maximum absolute atomic E-state index is 12.6. The fourth-order valence-electron chi connectivity index (χ4n) is 3.63. The normalized spacial score (nSPS) is 22.9. The monoisotopic (exact) mass is 348 g/mol. The molecule has 1 aromatic heterocycles. The third-order valence-electron chi connectivity index (χ3n) is 4.91. The lowest BCUT2D eigenvalue weighted by Crippen LogP contribution is -2.41. The third kappa shape index (κ3) is 3.16. The number of fused-ring (bicyclic) bond motifs is 3. The SMILES string of the molecule is Cl.O=C(Cn1cnc2ccccc2c1=O)N1CCC2CCC(C1)N2. The van der Waals surface area contributed by atoms with Gasteiger partial charge in [0.2, 0.25) is 5.91 Å². The van der Waals surface area contributed by atoms with E-state index < -0.39 is 0 Å². The van der Waals surface area contributed by atoms with Crippen LogP contribution >= 0.6 is 12.4 Å². The van der Waals surface area contributed by atoms with Crippen molar-refractivity contribution >= 4 is 29.2 Å². The predicted molar refractivity (Wildman–Crippen MR) is 94.4 cm³/mol. The molecule has 3 heterocycles. The minimum atomic E-state index is -0.154. The van der Waals surface area contributed by atoms with E-state index in [2.05, 4.69) is 10.3 Å². The van der Waals surface area contributed by atoms with E-state index in [-0.39, 0.29) is 30.4 Å². The minimum absolute atomic E-state index is 0. The van der Waals surface area contributed by atoms with E-state index in [1.54, 1.807) is 12.1 Å². The first-order valence-corrected chi connectivity index (χ1v) is 8.19. The molecule has 2 fully saturated rings. The number of halogens is 1. The van der Waals surface area contributed by atoms with Crippen molar-refractivity contribution in [2.75, 3.05) is 13.1 Å². The Kier molecular flexibility index (Phi) is 4.87. The molecule has 0 saturated carbocycles. The van der Waals surface area contributed by atoms with Crippen LogP contribution in [0.2, 0.25) is 0 Å². The zero-order chi connectivity index (χ0) is 15.8. The maximum Gasteiger partial charge on any atom is 0.261 e. The summed E-state index contributed by atoms with van der Waals surface area (Å²) in [7, 11) is 0.